The average Bonchev–Trinajstić information content (AvgIpc) is 1.96. The highest BCUT2D eigenvalue weighted by Gasteiger charge is 2.04. The predicted molar refractivity (Wildman–Crippen MR) is 42.5 cm³/mol. The second kappa shape index (κ2) is 3.34. The highest BCUT2D eigenvalue weighted by atomic mass is 19.1. The van der Waals surface area contributed by atoms with Crippen molar-refractivity contribution in [2.24, 2.45) is 0 Å². The first-order chi connectivity index (χ1) is 5.59. The van der Waals surface area contributed by atoms with E-state index in [9.17, 15) is 9.18 Å². The van der Waals surface area contributed by atoms with E-state index in [1.807, 2.05) is 0 Å². The van der Waals surface area contributed by atoms with Crippen LogP contribution in [0, 0.1) is 12.7 Å². The number of halogens is 1. The van der Waals surface area contributed by atoms with Crippen LogP contribution in [0.1, 0.15) is 11.1 Å². The Labute approximate surface area is 69.6 Å². The molecule has 0 spiro atoms. The fraction of sp³-hybridized carbons (Fsp3) is 0.222. The lowest BCUT2D eigenvalue weighted by molar-refractivity contribution is -0.136. The van der Waals surface area contributed by atoms with E-state index in [0.29, 0.717) is 5.56 Å². The zero-order valence-electron chi connectivity index (χ0n) is 6.67. The molecule has 0 aliphatic carbocycles. The van der Waals surface area contributed by atoms with Crippen molar-refractivity contribution in [2.45, 2.75) is 13.3 Å². The van der Waals surface area contributed by atoms with Crippen LogP contribution in [-0.4, -0.2) is 11.1 Å². The van der Waals surface area contributed by atoms with E-state index in [0.717, 1.165) is 5.56 Å². The van der Waals surface area contributed by atoms with Gasteiger partial charge in [0.15, 0.2) is 0 Å². The molecule has 1 aromatic rings. The molecule has 1 rings (SSSR count). The first-order valence-corrected chi connectivity index (χ1v) is 3.56. The Kier molecular flexibility index (Phi) is 2.43. The summed E-state index contributed by atoms with van der Waals surface area (Å²) in [7, 11) is 0. The Morgan fingerprint density at radius 2 is 2.25 bits per heavy atom. The van der Waals surface area contributed by atoms with Crippen LogP contribution in [0.5, 0.6) is 0 Å². The molecule has 0 radical (unpaired) electrons. The molecule has 64 valence electrons. The molecule has 0 aromatic heterocycles. The number of carboxylic acid groups (broad SMARTS) is 1. The van der Waals surface area contributed by atoms with Gasteiger partial charge in [0.05, 0.1) is 6.42 Å². The summed E-state index contributed by atoms with van der Waals surface area (Å²) >= 11 is 0. The maximum Gasteiger partial charge on any atom is 0.307 e. The summed E-state index contributed by atoms with van der Waals surface area (Å²) in [4.78, 5) is 10.3. The van der Waals surface area contributed by atoms with E-state index in [1.54, 1.807) is 13.0 Å². The number of carbonyl (C=O) groups is 1. The predicted octanol–water partition coefficient (Wildman–Crippen LogP) is 1.76. The minimum Gasteiger partial charge on any atom is -0.481 e. The summed E-state index contributed by atoms with van der Waals surface area (Å²) in [6.07, 6.45) is -0.121. The van der Waals surface area contributed by atoms with E-state index < -0.39 is 11.8 Å². The van der Waals surface area contributed by atoms with Gasteiger partial charge in [0.2, 0.25) is 0 Å². The van der Waals surface area contributed by atoms with Gasteiger partial charge >= 0.3 is 5.97 Å². The summed E-state index contributed by atoms with van der Waals surface area (Å²) in [5.74, 6) is -1.33. The third-order valence-corrected chi connectivity index (χ3v) is 1.65. The Balaban J connectivity index is 2.97. The van der Waals surface area contributed by atoms with Crippen molar-refractivity contribution in [3.8, 4) is 0 Å². The topological polar surface area (TPSA) is 37.3 Å². The van der Waals surface area contributed by atoms with Gasteiger partial charge in [-0.1, -0.05) is 6.07 Å². The summed E-state index contributed by atoms with van der Waals surface area (Å²) in [6, 6.07) is 4.15. The van der Waals surface area contributed by atoms with Gasteiger partial charge in [0.1, 0.15) is 5.82 Å². The molecule has 12 heavy (non-hydrogen) atoms. The fourth-order valence-corrected chi connectivity index (χ4v) is 0.993. The molecule has 0 saturated heterocycles. The number of rotatable bonds is 2. The van der Waals surface area contributed by atoms with Gasteiger partial charge in [-0.15, -0.1) is 0 Å². The van der Waals surface area contributed by atoms with Crippen molar-refractivity contribution in [1.29, 1.82) is 0 Å². The largest absolute Gasteiger partial charge is 0.481 e. The lowest BCUT2D eigenvalue weighted by Gasteiger charge is -2.01. The van der Waals surface area contributed by atoms with Crippen LogP contribution >= 0.6 is 0 Å². The zero-order chi connectivity index (χ0) is 9.14. The molecule has 0 aliphatic heterocycles. The summed E-state index contributed by atoms with van der Waals surface area (Å²) in [6.45, 7) is 1.76. The average molecular weight is 168 g/mol. The van der Waals surface area contributed by atoms with E-state index in [4.69, 9.17) is 5.11 Å². The standard InChI is InChI=1S/C9H9FO2/c1-6-2-3-8(10)4-7(6)5-9(11)12/h2-4H,5H2,1H3,(H,11,12). The molecule has 0 saturated carbocycles. The molecule has 0 aliphatic rings. The van der Waals surface area contributed by atoms with E-state index in [1.165, 1.54) is 12.1 Å². The van der Waals surface area contributed by atoms with Crippen LogP contribution < -0.4 is 0 Å². The van der Waals surface area contributed by atoms with Crippen molar-refractivity contribution in [3.63, 3.8) is 0 Å². The molecule has 0 heterocycles. The zero-order valence-corrected chi connectivity index (χ0v) is 6.67. The third kappa shape index (κ3) is 2.05. The molecule has 1 N–H and O–H groups in total. The van der Waals surface area contributed by atoms with Crippen molar-refractivity contribution in [2.75, 3.05) is 0 Å². The molecule has 0 fully saturated rings. The van der Waals surface area contributed by atoms with Crippen LogP contribution in [-0.2, 0) is 11.2 Å². The van der Waals surface area contributed by atoms with E-state index >= 15 is 0 Å². The number of aliphatic carboxylic acids is 1. The highest BCUT2D eigenvalue weighted by molar-refractivity contribution is 5.70. The van der Waals surface area contributed by atoms with Crippen LogP contribution in [0.3, 0.4) is 0 Å². The van der Waals surface area contributed by atoms with Crippen molar-refractivity contribution in [3.05, 3.63) is 35.1 Å². The number of hydrogen-bond acceptors (Lipinski definition) is 1. The Hall–Kier alpha value is -1.38. The van der Waals surface area contributed by atoms with Crippen LogP contribution in [0.25, 0.3) is 0 Å². The molecule has 0 unspecified atom stereocenters. The number of aryl methyl sites for hydroxylation is 1. The van der Waals surface area contributed by atoms with E-state index in [-0.39, 0.29) is 6.42 Å². The van der Waals surface area contributed by atoms with Gasteiger partial charge in [0, 0.05) is 0 Å². The molecule has 3 heteroatoms. The summed E-state index contributed by atoms with van der Waals surface area (Å²) in [5.41, 5.74) is 1.33. The monoisotopic (exact) mass is 168 g/mol. The summed E-state index contributed by atoms with van der Waals surface area (Å²) < 4.78 is 12.6. The Bertz CT molecular complexity index is 307. The highest BCUT2D eigenvalue weighted by Crippen LogP contribution is 2.10. The van der Waals surface area contributed by atoms with Gasteiger partial charge < -0.3 is 5.11 Å². The van der Waals surface area contributed by atoms with E-state index in [2.05, 4.69) is 0 Å². The van der Waals surface area contributed by atoms with Crippen molar-refractivity contribution >= 4 is 5.97 Å². The normalized spacial score (nSPS) is 9.83. The van der Waals surface area contributed by atoms with Crippen LogP contribution in [0.4, 0.5) is 4.39 Å². The minimum absolute atomic E-state index is 0.121. The molecular weight excluding hydrogens is 159 g/mol. The van der Waals surface area contributed by atoms with Gasteiger partial charge in [0.25, 0.3) is 0 Å². The number of carboxylic acids is 1. The van der Waals surface area contributed by atoms with Gasteiger partial charge in [-0.2, -0.15) is 0 Å². The first kappa shape index (κ1) is 8.71. The smallest absolute Gasteiger partial charge is 0.307 e. The van der Waals surface area contributed by atoms with Gasteiger partial charge in [-0.25, -0.2) is 4.39 Å². The lowest BCUT2D eigenvalue weighted by atomic mass is 10.1. The molecule has 2 nitrogen and oxygen atoms in total. The molecule has 0 amide bonds. The first-order valence-electron chi connectivity index (χ1n) is 3.56. The summed E-state index contributed by atoms with van der Waals surface area (Å²) in [5, 5.41) is 8.46. The van der Waals surface area contributed by atoms with Crippen LogP contribution in [0.2, 0.25) is 0 Å². The quantitative estimate of drug-likeness (QED) is 0.730. The second-order valence-corrected chi connectivity index (χ2v) is 2.64. The molecule has 0 atom stereocenters. The van der Waals surface area contributed by atoms with Gasteiger partial charge in [-0.3, -0.25) is 4.79 Å². The third-order valence-electron chi connectivity index (χ3n) is 1.65. The lowest BCUT2D eigenvalue weighted by Crippen LogP contribution is -2.02. The van der Waals surface area contributed by atoms with Crippen molar-refractivity contribution in [1.82, 2.24) is 0 Å². The van der Waals surface area contributed by atoms with Crippen LogP contribution in [0.15, 0.2) is 18.2 Å². The number of benzene rings is 1. The van der Waals surface area contributed by atoms with Crippen molar-refractivity contribution < 1.29 is 14.3 Å². The SMILES string of the molecule is Cc1ccc(F)cc1CC(=O)O. The maximum absolute atomic E-state index is 12.6. The number of hydrogen-bond donors (Lipinski definition) is 1. The minimum atomic E-state index is -0.941. The van der Waals surface area contributed by atoms with Gasteiger partial charge in [-0.05, 0) is 30.2 Å². The molecule has 0 bridgehead atoms. The Morgan fingerprint density at radius 1 is 1.58 bits per heavy atom. The molecular formula is C9H9FO2. The fourth-order valence-electron chi connectivity index (χ4n) is 0.993. The molecule has 1 aromatic carbocycles. The maximum atomic E-state index is 12.6. The second-order valence-electron chi connectivity index (χ2n) is 2.64. The Morgan fingerprint density at radius 3 is 2.83 bits per heavy atom.